The second-order valence-corrected chi connectivity index (χ2v) is 20.6. The second-order valence-electron chi connectivity index (χ2n) is 19.1. The number of aliphatic hydroxyl groups excluding tert-OH is 1. The van der Waals surface area contributed by atoms with Gasteiger partial charge in [0.15, 0.2) is 6.10 Å². The van der Waals surface area contributed by atoms with E-state index in [4.69, 9.17) is 23.3 Å². The van der Waals surface area contributed by atoms with Crippen molar-refractivity contribution in [2.45, 2.75) is 290 Å². The van der Waals surface area contributed by atoms with Crippen LogP contribution in [-0.2, 0) is 42.2 Å². The monoisotopic (exact) mass is 985 g/mol. The molecule has 0 radical (unpaired) electrons. The molecule has 0 rings (SSSR count). The van der Waals surface area contributed by atoms with Crippen LogP contribution in [0.3, 0.4) is 0 Å². The van der Waals surface area contributed by atoms with Crippen molar-refractivity contribution in [3.63, 3.8) is 0 Å². The van der Waals surface area contributed by atoms with Crippen LogP contribution in [0, 0.1) is 0 Å². The molecule has 11 nitrogen and oxygen atoms in total. The summed E-state index contributed by atoms with van der Waals surface area (Å²) in [6.45, 7) is 4.58. The number of hydrogen-bond acceptors (Lipinski definition) is 10. The fraction of sp³-hybridized carbons (Fsp3) is 0.875. The van der Waals surface area contributed by atoms with Gasteiger partial charge in [0, 0.05) is 19.3 Å². The van der Waals surface area contributed by atoms with Crippen molar-refractivity contribution in [3.8, 4) is 0 Å². The van der Waals surface area contributed by atoms with Crippen LogP contribution in [0.15, 0.2) is 24.3 Å². The van der Waals surface area contributed by atoms with Gasteiger partial charge in [0.25, 0.3) is 0 Å². The van der Waals surface area contributed by atoms with Crippen LogP contribution < -0.4 is 0 Å². The number of unbranched alkanes of at least 4 members (excludes halogenated alkanes) is 32. The Balaban J connectivity index is 4.62. The van der Waals surface area contributed by atoms with E-state index >= 15 is 0 Å². The number of carbonyl (C=O) groups is 3. The number of carbonyl (C=O) groups excluding carboxylic acids is 3. The molecule has 0 aromatic carbocycles. The molecule has 3 unspecified atom stereocenters. The molecule has 12 heteroatoms. The molecule has 0 aliphatic heterocycles. The summed E-state index contributed by atoms with van der Waals surface area (Å²) in [6, 6.07) is 0. The molecule has 2 N–H and O–H groups in total. The van der Waals surface area contributed by atoms with Gasteiger partial charge in [-0.2, -0.15) is 0 Å². The number of phosphoric ester groups is 1. The Hall–Kier alpha value is -2.04. The number of hydrogen-bond donors (Lipinski definition) is 2. The summed E-state index contributed by atoms with van der Waals surface area (Å²) >= 11 is 0. The number of phosphoric acid groups is 1. The molecule has 0 heterocycles. The summed E-state index contributed by atoms with van der Waals surface area (Å²) < 4.78 is 39.4. The lowest BCUT2D eigenvalue weighted by molar-refractivity contribution is -0.161. The third-order valence-corrected chi connectivity index (χ3v) is 13.3. The summed E-state index contributed by atoms with van der Waals surface area (Å²) in [7, 11) is -4.74. The maximum Gasteiger partial charge on any atom is 0.472 e. The molecular weight excluding hydrogens is 880 g/mol. The molecule has 0 aliphatic rings. The Bertz CT molecular complexity index is 1240. The lowest BCUT2D eigenvalue weighted by Crippen LogP contribution is -2.30. The Morgan fingerprint density at radius 2 is 0.691 bits per heavy atom. The molecule has 0 aromatic heterocycles. The molecule has 0 spiro atoms. The zero-order valence-electron chi connectivity index (χ0n) is 44.1. The smallest absolute Gasteiger partial charge is 0.462 e. The zero-order valence-corrected chi connectivity index (χ0v) is 45.0. The molecule has 0 aliphatic carbocycles. The number of allylic oxidation sites excluding steroid dienone is 4. The number of ether oxygens (including phenoxy) is 3. The molecular formula is C56H105O11P. The van der Waals surface area contributed by atoms with Crippen LogP contribution in [-0.4, -0.2) is 66.5 Å². The highest BCUT2D eigenvalue weighted by Crippen LogP contribution is 2.43. The fourth-order valence-electron chi connectivity index (χ4n) is 7.97. The minimum atomic E-state index is -4.74. The van der Waals surface area contributed by atoms with E-state index in [1.807, 2.05) is 0 Å². The molecule has 400 valence electrons. The Labute approximate surface area is 417 Å². The van der Waals surface area contributed by atoms with Gasteiger partial charge >= 0.3 is 25.7 Å². The van der Waals surface area contributed by atoms with E-state index in [-0.39, 0.29) is 25.9 Å². The van der Waals surface area contributed by atoms with Crippen molar-refractivity contribution in [2.75, 3.05) is 26.4 Å². The Morgan fingerprint density at radius 1 is 0.397 bits per heavy atom. The molecule has 0 amide bonds. The summed E-state index contributed by atoms with van der Waals surface area (Å²) in [6.07, 6.45) is 50.1. The number of aliphatic hydroxyl groups is 1. The minimum Gasteiger partial charge on any atom is -0.462 e. The molecule has 68 heavy (non-hydrogen) atoms. The predicted molar refractivity (Wildman–Crippen MR) is 280 cm³/mol. The van der Waals surface area contributed by atoms with Gasteiger partial charge < -0.3 is 24.2 Å². The van der Waals surface area contributed by atoms with E-state index in [0.29, 0.717) is 19.3 Å². The SMILES string of the molecule is CCCC/C=C\CCCCCCCC(=O)OC(CO)COP(=O)(O)OCC(COC(=O)CCCCCCCCCCCCCCCCCCCCC)OC(=O)CCCCCCC/C=C\CCCC. The third-order valence-electron chi connectivity index (χ3n) is 12.3. The highest BCUT2D eigenvalue weighted by atomic mass is 31.2. The second kappa shape index (κ2) is 51.3. The van der Waals surface area contributed by atoms with Gasteiger partial charge in [-0.15, -0.1) is 0 Å². The minimum absolute atomic E-state index is 0.161. The van der Waals surface area contributed by atoms with Crippen LogP contribution in [0.2, 0.25) is 0 Å². The third kappa shape index (κ3) is 49.0. The zero-order chi connectivity index (χ0) is 49.9. The summed E-state index contributed by atoms with van der Waals surface area (Å²) in [5, 5.41) is 9.77. The van der Waals surface area contributed by atoms with Gasteiger partial charge in [0.1, 0.15) is 12.7 Å². The summed E-state index contributed by atoms with van der Waals surface area (Å²) in [4.78, 5) is 48.3. The van der Waals surface area contributed by atoms with E-state index < -0.39 is 57.8 Å². The maximum atomic E-state index is 12.8. The van der Waals surface area contributed by atoms with Crippen molar-refractivity contribution in [1.29, 1.82) is 0 Å². The largest absolute Gasteiger partial charge is 0.472 e. The van der Waals surface area contributed by atoms with E-state index in [1.165, 1.54) is 122 Å². The molecule has 0 bridgehead atoms. The van der Waals surface area contributed by atoms with Crippen molar-refractivity contribution in [2.24, 2.45) is 0 Å². The van der Waals surface area contributed by atoms with Gasteiger partial charge in [0.2, 0.25) is 0 Å². The predicted octanol–water partition coefficient (Wildman–Crippen LogP) is 16.3. The van der Waals surface area contributed by atoms with Gasteiger partial charge in [-0.25, -0.2) is 4.57 Å². The highest BCUT2D eigenvalue weighted by Gasteiger charge is 2.28. The van der Waals surface area contributed by atoms with Crippen molar-refractivity contribution in [3.05, 3.63) is 24.3 Å². The van der Waals surface area contributed by atoms with E-state index in [1.54, 1.807) is 0 Å². The first-order chi connectivity index (χ1) is 33.2. The van der Waals surface area contributed by atoms with Crippen molar-refractivity contribution in [1.82, 2.24) is 0 Å². The molecule has 0 aromatic rings. The van der Waals surface area contributed by atoms with Crippen LogP contribution in [0.4, 0.5) is 0 Å². The fourth-order valence-corrected chi connectivity index (χ4v) is 8.75. The number of rotatable bonds is 53. The van der Waals surface area contributed by atoms with E-state index in [2.05, 4.69) is 45.1 Å². The standard InChI is InChI=1S/C56H105O11P/c1-4-7-10-13-16-19-22-23-24-25-26-27-28-29-32-33-36-39-42-45-54(58)63-49-53(67-56(60)47-44-41-38-35-31-21-18-15-12-9-6-3)51-65-68(61,62)64-50-52(48-57)66-55(59)46-43-40-37-34-30-20-17-14-11-8-5-2/h14-15,17-18,52-53,57H,4-13,16,19-51H2,1-3H3,(H,61,62)/b17-14-,18-15-. The molecule has 3 atom stereocenters. The van der Waals surface area contributed by atoms with Gasteiger partial charge in [-0.05, 0) is 57.8 Å². The molecule has 0 saturated carbocycles. The van der Waals surface area contributed by atoms with Crippen LogP contribution in [0.5, 0.6) is 0 Å². The van der Waals surface area contributed by atoms with Gasteiger partial charge in [0.05, 0.1) is 19.8 Å². The lowest BCUT2D eigenvalue weighted by Gasteiger charge is -2.21. The lowest BCUT2D eigenvalue weighted by atomic mass is 10.0. The highest BCUT2D eigenvalue weighted by molar-refractivity contribution is 7.47. The van der Waals surface area contributed by atoms with Gasteiger partial charge in [-0.3, -0.25) is 23.4 Å². The van der Waals surface area contributed by atoms with Crippen LogP contribution >= 0.6 is 7.82 Å². The van der Waals surface area contributed by atoms with Crippen LogP contribution in [0.1, 0.15) is 278 Å². The Morgan fingerprint density at radius 3 is 1.06 bits per heavy atom. The maximum absolute atomic E-state index is 12.8. The van der Waals surface area contributed by atoms with Gasteiger partial charge in [-0.1, -0.05) is 225 Å². The van der Waals surface area contributed by atoms with E-state index in [9.17, 15) is 28.9 Å². The molecule has 0 fully saturated rings. The first-order valence-corrected chi connectivity index (χ1v) is 29.7. The van der Waals surface area contributed by atoms with Crippen molar-refractivity contribution >= 4 is 25.7 Å². The first-order valence-electron chi connectivity index (χ1n) is 28.2. The molecule has 0 saturated heterocycles. The summed E-state index contributed by atoms with van der Waals surface area (Å²) in [5.41, 5.74) is 0. The normalized spacial score (nSPS) is 13.5. The summed E-state index contributed by atoms with van der Waals surface area (Å²) in [5.74, 6) is -1.47. The first kappa shape index (κ1) is 66.0. The average molecular weight is 985 g/mol. The van der Waals surface area contributed by atoms with Crippen molar-refractivity contribution < 1.29 is 52.2 Å². The van der Waals surface area contributed by atoms with Crippen LogP contribution in [0.25, 0.3) is 0 Å². The average Bonchev–Trinajstić information content (AvgIpc) is 3.32. The van der Waals surface area contributed by atoms with E-state index in [0.717, 1.165) is 96.3 Å². The Kier molecular flexibility index (Phi) is 49.8. The topological polar surface area (TPSA) is 155 Å². The quantitative estimate of drug-likeness (QED) is 0.0197. The number of esters is 3.